The molecular weight excluding hydrogens is 420 g/mol. The van der Waals surface area contributed by atoms with Crippen LogP contribution in [-0.4, -0.2) is 33.1 Å². The summed E-state index contributed by atoms with van der Waals surface area (Å²) in [5, 5.41) is 3.17. The van der Waals surface area contributed by atoms with E-state index < -0.39 is 11.8 Å². The second-order valence-electron chi connectivity index (χ2n) is 7.46. The second-order valence-corrected chi connectivity index (χ2v) is 7.46. The van der Waals surface area contributed by atoms with Gasteiger partial charge < -0.3 is 19.5 Å². The molecule has 0 aromatic heterocycles. The van der Waals surface area contributed by atoms with Gasteiger partial charge in [-0.3, -0.25) is 9.59 Å². The maximum Gasteiger partial charge on any atom is 0.282 e. The van der Waals surface area contributed by atoms with Gasteiger partial charge in [0.15, 0.2) is 0 Å². The Kier molecular flexibility index (Phi) is 6.04. The summed E-state index contributed by atoms with van der Waals surface area (Å²) in [4.78, 5) is 28.4. The maximum absolute atomic E-state index is 13.7. The topological polar surface area (TPSA) is 77.1 Å². The first-order chi connectivity index (χ1) is 16.0. The van der Waals surface area contributed by atoms with Crippen LogP contribution in [0.2, 0.25) is 0 Å². The lowest BCUT2D eigenvalue weighted by Gasteiger charge is -2.18. The number of nitrogens with zero attached hydrogens (tertiary/aromatic N) is 1. The predicted octanol–water partition coefficient (Wildman–Crippen LogP) is 4.42. The zero-order valence-electron chi connectivity index (χ0n) is 18.8. The van der Waals surface area contributed by atoms with E-state index in [1.54, 1.807) is 37.4 Å². The van der Waals surface area contributed by atoms with Crippen LogP contribution >= 0.6 is 0 Å². The van der Waals surface area contributed by atoms with Gasteiger partial charge in [-0.25, -0.2) is 4.90 Å². The van der Waals surface area contributed by atoms with Crippen LogP contribution in [0.4, 0.5) is 11.4 Å². The van der Waals surface area contributed by atoms with E-state index in [2.05, 4.69) is 5.32 Å². The molecule has 168 valence electrons. The first-order valence-electron chi connectivity index (χ1n) is 10.3. The molecular formula is C26H24N2O5. The Bertz CT molecular complexity index is 1230. The van der Waals surface area contributed by atoms with Crippen LogP contribution in [0.25, 0.3) is 5.57 Å². The number of carbonyl (C=O) groups is 2. The van der Waals surface area contributed by atoms with E-state index in [-0.39, 0.29) is 11.3 Å². The molecule has 0 bridgehead atoms. The lowest BCUT2D eigenvalue weighted by atomic mass is 10.0. The summed E-state index contributed by atoms with van der Waals surface area (Å²) in [7, 11) is 4.58. The molecule has 1 aliphatic heterocycles. The summed E-state index contributed by atoms with van der Waals surface area (Å²) >= 11 is 0. The summed E-state index contributed by atoms with van der Waals surface area (Å²) in [6.07, 6.45) is 0. The Morgan fingerprint density at radius 1 is 0.758 bits per heavy atom. The molecule has 0 unspecified atom stereocenters. The van der Waals surface area contributed by atoms with Gasteiger partial charge in [-0.1, -0.05) is 36.4 Å². The number of nitrogens with one attached hydrogen (secondary N) is 1. The average Bonchev–Trinajstić information content (AvgIpc) is 3.08. The quantitative estimate of drug-likeness (QED) is 0.544. The molecule has 7 heteroatoms. The number of ether oxygens (including phenoxy) is 3. The van der Waals surface area contributed by atoms with Crippen LogP contribution in [0.3, 0.4) is 0 Å². The molecule has 7 nitrogen and oxygen atoms in total. The fourth-order valence-electron chi connectivity index (χ4n) is 3.73. The average molecular weight is 444 g/mol. The fraction of sp³-hybridized carbons (Fsp3) is 0.154. The van der Waals surface area contributed by atoms with E-state index in [0.29, 0.717) is 34.2 Å². The first-order valence-corrected chi connectivity index (χ1v) is 10.3. The molecule has 3 aromatic carbocycles. The molecule has 0 saturated heterocycles. The number of amides is 2. The Morgan fingerprint density at radius 2 is 1.42 bits per heavy atom. The molecule has 33 heavy (non-hydrogen) atoms. The minimum atomic E-state index is -0.488. The van der Waals surface area contributed by atoms with Crippen LogP contribution in [0.1, 0.15) is 11.1 Å². The van der Waals surface area contributed by atoms with Crippen molar-refractivity contribution in [1.29, 1.82) is 0 Å². The predicted molar refractivity (Wildman–Crippen MR) is 127 cm³/mol. The van der Waals surface area contributed by atoms with Crippen molar-refractivity contribution < 1.29 is 23.8 Å². The molecule has 0 saturated carbocycles. The second kappa shape index (κ2) is 9.08. The number of imide groups is 1. The molecule has 1 N–H and O–H groups in total. The van der Waals surface area contributed by atoms with Crippen molar-refractivity contribution in [2.75, 3.05) is 31.5 Å². The lowest BCUT2D eigenvalue weighted by Crippen LogP contribution is -2.32. The Morgan fingerprint density at radius 3 is 2.03 bits per heavy atom. The molecule has 0 atom stereocenters. The largest absolute Gasteiger partial charge is 0.497 e. The highest BCUT2D eigenvalue weighted by atomic mass is 16.5. The van der Waals surface area contributed by atoms with E-state index in [1.165, 1.54) is 14.2 Å². The van der Waals surface area contributed by atoms with Crippen molar-refractivity contribution >= 4 is 28.8 Å². The number of benzene rings is 3. The van der Waals surface area contributed by atoms with Gasteiger partial charge in [-0.15, -0.1) is 0 Å². The third-order valence-corrected chi connectivity index (χ3v) is 5.36. The van der Waals surface area contributed by atoms with Crippen molar-refractivity contribution in [3.63, 3.8) is 0 Å². The Labute approximate surface area is 192 Å². The third-order valence-electron chi connectivity index (χ3n) is 5.36. The van der Waals surface area contributed by atoms with Crippen molar-refractivity contribution in [3.05, 3.63) is 83.6 Å². The van der Waals surface area contributed by atoms with Gasteiger partial charge in [-0.2, -0.15) is 0 Å². The van der Waals surface area contributed by atoms with Gasteiger partial charge in [0.2, 0.25) is 0 Å². The summed E-state index contributed by atoms with van der Waals surface area (Å²) in [5.41, 5.74) is 2.98. The molecule has 0 spiro atoms. The SMILES string of the molecule is COc1cc(OC)cc(N2C(=O)C(Nc3cc(C)ccc3OC)=C(c3ccccc3)C2=O)c1. The summed E-state index contributed by atoms with van der Waals surface area (Å²) in [6, 6.07) is 19.6. The van der Waals surface area contributed by atoms with Crippen LogP contribution in [-0.2, 0) is 9.59 Å². The molecule has 2 amide bonds. The highest BCUT2D eigenvalue weighted by molar-refractivity contribution is 6.46. The monoisotopic (exact) mass is 444 g/mol. The number of rotatable bonds is 7. The van der Waals surface area contributed by atoms with E-state index in [1.807, 2.05) is 43.3 Å². The fourth-order valence-corrected chi connectivity index (χ4v) is 3.73. The van der Waals surface area contributed by atoms with E-state index in [0.717, 1.165) is 10.5 Å². The molecule has 0 radical (unpaired) electrons. The van der Waals surface area contributed by atoms with Crippen LogP contribution < -0.4 is 24.4 Å². The number of anilines is 2. The minimum Gasteiger partial charge on any atom is -0.497 e. The first kappa shape index (κ1) is 22.0. The van der Waals surface area contributed by atoms with Gasteiger partial charge in [0, 0.05) is 18.2 Å². The van der Waals surface area contributed by atoms with Crippen molar-refractivity contribution in [1.82, 2.24) is 0 Å². The number of carbonyl (C=O) groups excluding carboxylic acids is 2. The number of hydrogen-bond acceptors (Lipinski definition) is 6. The number of methoxy groups -OCH3 is 3. The van der Waals surface area contributed by atoms with Crippen LogP contribution in [0.5, 0.6) is 17.2 Å². The zero-order valence-corrected chi connectivity index (χ0v) is 18.8. The van der Waals surface area contributed by atoms with Gasteiger partial charge in [0.05, 0.1) is 38.3 Å². The highest BCUT2D eigenvalue weighted by Gasteiger charge is 2.41. The maximum atomic E-state index is 13.7. The van der Waals surface area contributed by atoms with Crippen molar-refractivity contribution in [2.45, 2.75) is 6.92 Å². The van der Waals surface area contributed by atoms with Gasteiger partial charge in [0.1, 0.15) is 22.9 Å². The van der Waals surface area contributed by atoms with E-state index in [4.69, 9.17) is 14.2 Å². The third kappa shape index (κ3) is 4.13. The Hall–Kier alpha value is -4.26. The standard InChI is InChI=1S/C26H24N2O5/c1-16-10-11-22(33-4)21(12-16)27-24-23(17-8-6-5-7-9-17)25(29)28(26(24)30)18-13-19(31-2)15-20(14-18)32-3/h5-15,27H,1-4H3. The molecule has 1 aliphatic rings. The molecule has 3 aromatic rings. The number of aryl methyl sites for hydroxylation is 1. The summed E-state index contributed by atoms with van der Waals surface area (Å²) in [5.74, 6) is 0.552. The molecule has 0 fully saturated rings. The van der Waals surface area contributed by atoms with Crippen LogP contribution in [0.15, 0.2) is 72.4 Å². The smallest absolute Gasteiger partial charge is 0.282 e. The Balaban J connectivity index is 1.85. The van der Waals surface area contributed by atoms with Crippen molar-refractivity contribution in [2.24, 2.45) is 0 Å². The zero-order chi connectivity index (χ0) is 23.5. The molecule has 0 aliphatic carbocycles. The van der Waals surface area contributed by atoms with Gasteiger partial charge in [0.25, 0.3) is 11.8 Å². The highest BCUT2D eigenvalue weighted by Crippen LogP contribution is 2.38. The normalized spacial score (nSPS) is 13.4. The summed E-state index contributed by atoms with van der Waals surface area (Å²) < 4.78 is 16.1. The van der Waals surface area contributed by atoms with E-state index >= 15 is 0 Å². The molecule has 4 rings (SSSR count). The lowest BCUT2D eigenvalue weighted by molar-refractivity contribution is -0.120. The minimum absolute atomic E-state index is 0.164. The van der Waals surface area contributed by atoms with Gasteiger partial charge >= 0.3 is 0 Å². The molecule has 1 heterocycles. The van der Waals surface area contributed by atoms with Crippen molar-refractivity contribution in [3.8, 4) is 17.2 Å². The summed E-state index contributed by atoms with van der Waals surface area (Å²) in [6.45, 7) is 1.94. The van der Waals surface area contributed by atoms with Gasteiger partial charge in [-0.05, 0) is 30.2 Å². The number of hydrogen-bond donors (Lipinski definition) is 1. The van der Waals surface area contributed by atoms with E-state index in [9.17, 15) is 9.59 Å². The van der Waals surface area contributed by atoms with Crippen LogP contribution in [0, 0.1) is 6.92 Å².